The van der Waals surface area contributed by atoms with Crippen molar-refractivity contribution in [3.63, 3.8) is 0 Å². The summed E-state index contributed by atoms with van der Waals surface area (Å²) in [5.74, 6) is 0.372. The summed E-state index contributed by atoms with van der Waals surface area (Å²) >= 11 is 0. The zero-order valence-corrected chi connectivity index (χ0v) is 13.4. The van der Waals surface area contributed by atoms with Gasteiger partial charge in [-0.15, -0.1) is 0 Å². The van der Waals surface area contributed by atoms with Gasteiger partial charge in [0, 0.05) is 13.1 Å². The van der Waals surface area contributed by atoms with Gasteiger partial charge < -0.3 is 14.4 Å². The molecule has 3 rings (SSSR count). The molecular formula is C17H21N3O3. The predicted octanol–water partition coefficient (Wildman–Crippen LogP) is 2.13. The predicted molar refractivity (Wildman–Crippen MR) is 86.1 cm³/mol. The Kier molecular flexibility index (Phi) is 4.62. The summed E-state index contributed by atoms with van der Waals surface area (Å²) in [5.41, 5.74) is 1.23. The van der Waals surface area contributed by atoms with Gasteiger partial charge in [-0.25, -0.2) is 4.68 Å². The van der Waals surface area contributed by atoms with E-state index in [0.29, 0.717) is 31.1 Å². The fourth-order valence-corrected chi connectivity index (χ4v) is 2.67. The van der Waals surface area contributed by atoms with Gasteiger partial charge in [-0.05, 0) is 18.6 Å². The Balaban J connectivity index is 1.87. The molecule has 1 saturated heterocycles. The van der Waals surface area contributed by atoms with Crippen LogP contribution in [0.5, 0.6) is 5.75 Å². The first-order chi connectivity index (χ1) is 11.2. The molecule has 0 aliphatic carbocycles. The van der Waals surface area contributed by atoms with Crippen molar-refractivity contribution in [3.05, 3.63) is 42.2 Å². The molecule has 1 aliphatic heterocycles. The summed E-state index contributed by atoms with van der Waals surface area (Å²) in [6.45, 7) is 3.79. The first-order valence-corrected chi connectivity index (χ1v) is 7.83. The van der Waals surface area contributed by atoms with E-state index in [9.17, 15) is 4.79 Å². The maximum Gasteiger partial charge on any atom is 0.278 e. The van der Waals surface area contributed by atoms with Crippen molar-refractivity contribution in [2.45, 2.75) is 19.4 Å². The van der Waals surface area contributed by atoms with Crippen molar-refractivity contribution in [2.75, 3.05) is 26.8 Å². The average molecular weight is 315 g/mol. The zero-order chi connectivity index (χ0) is 16.2. The Morgan fingerprint density at radius 3 is 2.87 bits per heavy atom. The van der Waals surface area contributed by atoms with Crippen LogP contribution in [0.25, 0.3) is 5.69 Å². The normalized spacial score (nSPS) is 18.0. The highest BCUT2D eigenvalue weighted by atomic mass is 16.5. The van der Waals surface area contributed by atoms with E-state index in [-0.39, 0.29) is 12.0 Å². The lowest BCUT2D eigenvalue weighted by atomic mass is 10.2. The lowest BCUT2D eigenvalue weighted by Crippen LogP contribution is -2.45. The smallest absolute Gasteiger partial charge is 0.278 e. The van der Waals surface area contributed by atoms with Crippen molar-refractivity contribution in [3.8, 4) is 11.4 Å². The molecule has 6 nitrogen and oxygen atoms in total. The van der Waals surface area contributed by atoms with E-state index in [0.717, 1.165) is 12.1 Å². The lowest BCUT2D eigenvalue weighted by Gasteiger charge is -2.32. The van der Waals surface area contributed by atoms with Crippen molar-refractivity contribution < 1.29 is 14.3 Å². The number of hydrogen-bond acceptors (Lipinski definition) is 4. The summed E-state index contributed by atoms with van der Waals surface area (Å²) in [5, 5.41) is 4.44. The Labute approximate surface area is 135 Å². The number of amides is 1. The van der Waals surface area contributed by atoms with Crippen molar-refractivity contribution in [1.29, 1.82) is 0 Å². The zero-order valence-electron chi connectivity index (χ0n) is 13.4. The molecule has 0 saturated carbocycles. The number of hydrogen-bond donors (Lipinski definition) is 0. The van der Waals surface area contributed by atoms with E-state index in [1.54, 1.807) is 22.9 Å². The number of para-hydroxylation sites is 1. The Bertz CT molecular complexity index is 669. The molecule has 6 heteroatoms. The van der Waals surface area contributed by atoms with Crippen LogP contribution in [0.1, 0.15) is 23.8 Å². The quantitative estimate of drug-likeness (QED) is 0.867. The van der Waals surface area contributed by atoms with E-state index in [4.69, 9.17) is 9.47 Å². The van der Waals surface area contributed by atoms with E-state index in [1.165, 1.54) is 0 Å². The molecular weight excluding hydrogens is 294 g/mol. The molecule has 0 bridgehead atoms. The van der Waals surface area contributed by atoms with Gasteiger partial charge in [0.2, 0.25) is 0 Å². The van der Waals surface area contributed by atoms with Crippen molar-refractivity contribution in [1.82, 2.24) is 14.7 Å². The van der Waals surface area contributed by atoms with Gasteiger partial charge in [0.05, 0.1) is 31.7 Å². The number of ether oxygens (including phenoxy) is 2. The van der Waals surface area contributed by atoms with Crippen molar-refractivity contribution >= 4 is 5.91 Å². The van der Waals surface area contributed by atoms with Crippen LogP contribution in [0.3, 0.4) is 0 Å². The third kappa shape index (κ3) is 3.22. The van der Waals surface area contributed by atoms with Crippen LogP contribution >= 0.6 is 0 Å². The molecule has 2 heterocycles. The molecule has 2 aromatic rings. The van der Waals surface area contributed by atoms with Crippen LogP contribution in [0.4, 0.5) is 0 Å². The topological polar surface area (TPSA) is 56.6 Å². The number of aromatic nitrogens is 2. The van der Waals surface area contributed by atoms with Gasteiger partial charge >= 0.3 is 0 Å². The Morgan fingerprint density at radius 1 is 1.39 bits per heavy atom. The number of benzene rings is 1. The molecule has 1 fully saturated rings. The fourth-order valence-electron chi connectivity index (χ4n) is 2.67. The van der Waals surface area contributed by atoms with Crippen LogP contribution < -0.4 is 4.74 Å². The second-order valence-corrected chi connectivity index (χ2v) is 5.48. The van der Waals surface area contributed by atoms with E-state index in [2.05, 4.69) is 12.0 Å². The minimum absolute atomic E-state index is 0.0925. The van der Waals surface area contributed by atoms with E-state index in [1.807, 2.05) is 30.3 Å². The lowest BCUT2D eigenvalue weighted by molar-refractivity contribution is -0.0229. The number of carbonyl (C=O) groups excluding carboxylic acids is 1. The molecule has 0 unspecified atom stereocenters. The first kappa shape index (κ1) is 15.6. The van der Waals surface area contributed by atoms with Gasteiger partial charge in [-0.2, -0.15) is 5.10 Å². The van der Waals surface area contributed by atoms with Gasteiger partial charge in [-0.1, -0.05) is 25.1 Å². The molecule has 1 atom stereocenters. The fraction of sp³-hybridized carbons (Fsp3) is 0.412. The molecule has 1 amide bonds. The minimum Gasteiger partial charge on any atom is -0.493 e. The number of rotatable bonds is 4. The molecule has 0 spiro atoms. The maximum atomic E-state index is 12.8. The Hall–Kier alpha value is -2.34. The molecule has 0 radical (unpaired) electrons. The maximum absolute atomic E-state index is 12.8. The number of nitrogens with zero attached hydrogens (tertiary/aromatic N) is 3. The molecule has 1 aromatic heterocycles. The minimum atomic E-state index is -0.113. The van der Waals surface area contributed by atoms with Crippen LogP contribution in [-0.2, 0) is 4.74 Å². The number of methoxy groups -OCH3 is 1. The average Bonchev–Trinajstić information content (AvgIpc) is 3.06. The van der Waals surface area contributed by atoms with Crippen LogP contribution in [0.2, 0.25) is 0 Å². The standard InChI is InChI=1S/C17H21N3O3/c1-3-14-11-19(9-10-23-14)17(21)16-15(22-2)12-20(18-16)13-7-5-4-6-8-13/h4-8,12,14H,3,9-11H2,1-2H3/t14-/m0/s1. The van der Waals surface area contributed by atoms with Gasteiger partial charge in [0.15, 0.2) is 11.4 Å². The monoisotopic (exact) mass is 315 g/mol. The van der Waals surface area contributed by atoms with E-state index >= 15 is 0 Å². The van der Waals surface area contributed by atoms with Gasteiger partial charge in [0.1, 0.15) is 0 Å². The van der Waals surface area contributed by atoms with Crippen molar-refractivity contribution in [2.24, 2.45) is 0 Å². The summed E-state index contributed by atoms with van der Waals surface area (Å²) in [4.78, 5) is 14.6. The third-order valence-corrected chi connectivity index (χ3v) is 4.01. The molecule has 1 aromatic carbocycles. The first-order valence-electron chi connectivity index (χ1n) is 7.83. The number of carbonyl (C=O) groups is 1. The molecule has 1 aliphatic rings. The van der Waals surface area contributed by atoms with Crippen LogP contribution in [0, 0.1) is 0 Å². The summed E-state index contributed by atoms with van der Waals surface area (Å²) in [6, 6.07) is 9.66. The summed E-state index contributed by atoms with van der Waals surface area (Å²) in [6.07, 6.45) is 2.72. The molecule has 23 heavy (non-hydrogen) atoms. The van der Waals surface area contributed by atoms with Gasteiger partial charge in [-0.3, -0.25) is 4.79 Å². The van der Waals surface area contributed by atoms with E-state index < -0.39 is 0 Å². The summed E-state index contributed by atoms with van der Waals surface area (Å²) < 4.78 is 12.6. The summed E-state index contributed by atoms with van der Waals surface area (Å²) in [7, 11) is 1.55. The highest BCUT2D eigenvalue weighted by Crippen LogP contribution is 2.22. The largest absolute Gasteiger partial charge is 0.493 e. The molecule has 0 N–H and O–H groups in total. The second-order valence-electron chi connectivity index (χ2n) is 5.48. The second kappa shape index (κ2) is 6.83. The third-order valence-electron chi connectivity index (χ3n) is 4.01. The number of morpholine rings is 1. The Morgan fingerprint density at radius 2 is 2.17 bits per heavy atom. The van der Waals surface area contributed by atoms with Crippen LogP contribution in [0.15, 0.2) is 36.5 Å². The molecule has 122 valence electrons. The highest BCUT2D eigenvalue weighted by Gasteiger charge is 2.28. The SMILES string of the molecule is CC[C@H]1CN(C(=O)c2nn(-c3ccccc3)cc2OC)CCO1. The highest BCUT2D eigenvalue weighted by molar-refractivity contribution is 5.95. The van der Waals surface area contributed by atoms with Gasteiger partial charge in [0.25, 0.3) is 5.91 Å². The van der Waals surface area contributed by atoms with Crippen LogP contribution in [-0.4, -0.2) is 53.5 Å².